The summed E-state index contributed by atoms with van der Waals surface area (Å²) in [6, 6.07) is 10.1. The van der Waals surface area contributed by atoms with Gasteiger partial charge in [-0.2, -0.15) is 5.10 Å². The first-order valence-corrected chi connectivity index (χ1v) is 8.26. The SMILES string of the molecule is CC(C)c1nn(C)c2c1C(c1ccnc3ccccc13)CC(=O)N2. The number of aryl methyl sites for hydroxylation is 1. The number of pyridine rings is 1. The Balaban J connectivity index is 1.98. The highest BCUT2D eigenvalue weighted by Gasteiger charge is 2.34. The zero-order valence-electron chi connectivity index (χ0n) is 14.1. The maximum atomic E-state index is 12.3. The average molecular weight is 320 g/mol. The standard InChI is InChI=1S/C19H20N4O/c1-11(2)18-17-14(10-16(24)21-19(17)23(3)22-18)12-8-9-20-15-7-5-4-6-13(12)15/h4-9,11,14H,10H2,1-3H3,(H,21,24). The molecule has 1 N–H and O–H groups in total. The van der Waals surface area contributed by atoms with E-state index < -0.39 is 0 Å². The fraction of sp³-hybridized carbons (Fsp3) is 0.316. The van der Waals surface area contributed by atoms with Gasteiger partial charge in [-0.25, -0.2) is 0 Å². The van der Waals surface area contributed by atoms with Crippen molar-refractivity contribution < 1.29 is 4.79 Å². The van der Waals surface area contributed by atoms with E-state index in [4.69, 9.17) is 0 Å². The summed E-state index contributed by atoms with van der Waals surface area (Å²) < 4.78 is 1.79. The molecule has 3 aromatic rings. The Bertz CT molecular complexity index is 936. The number of carbonyl (C=O) groups is 1. The lowest BCUT2D eigenvalue weighted by Gasteiger charge is -2.25. The molecule has 0 saturated heterocycles. The summed E-state index contributed by atoms with van der Waals surface area (Å²) in [4.78, 5) is 16.8. The molecule has 1 aliphatic heterocycles. The van der Waals surface area contributed by atoms with Gasteiger partial charge in [0.2, 0.25) is 5.91 Å². The molecule has 5 nitrogen and oxygen atoms in total. The van der Waals surface area contributed by atoms with Crippen molar-refractivity contribution in [1.82, 2.24) is 14.8 Å². The van der Waals surface area contributed by atoms with Crippen LogP contribution in [-0.4, -0.2) is 20.7 Å². The van der Waals surface area contributed by atoms with Gasteiger partial charge in [0.05, 0.1) is 11.2 Å². The molecule has 1 amide bonds. The van der Waals surface area contributed by atoms with Crippen molar-refractivity contribution in [1.29, 1.82) is 0 Å². The lowest BCUT2D eigenvalue weighted by Crippen LogP contribution is -2.25. The van der Waals surface area contributed by atoms with Crippen LogP contribution in [0.3, 0.4) is 0 Å². The monoisotopic (exact) mass is 320 g/mol. The van der Waals surface area contributed by atoms with Crippen LogP contribution < -0.4 is 5.32 Å². The molecule has 4 rings (SSSR count). The maximum Gasteiger partial charge on any atom is 0.226 e. The molecule has 0 radical (unpaired) electrons. The minimum Gasteiger partial charge on any atom is -0.311 e. The largest absolute Gasteiger partial charge is 0.311 e. The first-order valence-electron chi connectivity index (χ1n) is 8.26. The third-order valence-corrected chi connectivity index (χ3v) is 4.71. The van der Waals surface area contributed by atoms with Crippen molar-refractivity contribution in [3.05, 3.63) is 53.3 Å². The Morgan fingerprint density at radius 2 is 2.04 bits per heavy atom. The third kappa shape index (κ3) is 2.19. The van der Waals surface area contributed by atoms with Crippen LogP contribution in [0.1, 0.15) is 48.9 Å². The van der Waals surface area contributed by atoms with Gasteiger partial charge in [-0.3, -0.25) is 14.5 Å². The highest BCUT2D eigenvalue weighted by molar-refractivity contribution is 5.96. The van der Waals surface area contributed by atoms with Crippen LogP contribution in [-0.2, 0) is 11.8 Å². The molecule has 2 aromatic heterocycles. The summed E-state index contributed by atoms with van der Waals surface area (Å²) >= 11 is 0. The first kappa shape index (κ1) is 14.9. The number of carbonyl (C=O) groups excluding carboxylic acids is 1. The predicted octanol–water partition coefficient (Wildman–Crippen LogP) is 3.57. The Labute approximate surface area is 140 Å². The van der Waals surface area contributed by atoms with Crippen molar-refractivity contribution in [3.63, 3.8) is 0 Å². The number of para-hydroxylation sites is 1. The van der Waals surface area contributed by atoms with Crippen LogP contribution >= 0.6 is 0 Å². The molecule has 5 heteroatoms. The summed E-state index contributed by atoms with van der Waals surface area (Å²) in [7, 11) is 1.89. The van der Waals surface area contributed by atoms with Crippen LogP contribution in [0.25, 0.3) is 10.9 Å². The van der Waals surface area contributed by atoms with Gasteiger partial charge in [0.1, 0.15) is 5.82 Å². The van der Waals surface area contributed by atoms with Gasteiger partial charge in [0.15, 0.2) is 0 Å². The van der Waals surface area contributed by atoms with E-state index in [1.165, 1.54) is 0 Å². The average Bonchev–Trinajstić information content (AvgIpc) is 2.91. The van der Waals surface area contributed by atoms with Crippen molar-refractivity contribution in [2.24, 2.45) is 7.05 Å². The second kappa shape index (κ2) is 5.44. The molecule has 0 bridgehead atoms. The zero-order valence-corrected chi connectivity index (χ0v) is 14.1. The fourth-order valence-electron chi connectivity index (χ4n) is 3.64. The molecule has 0 saturated carbocycles. The first-order chi connectivity index (χ1) is 11.6. The van der Waals surface area contributed by atoms with Crippen LogP contribution in [0, 0.1) is 0 Å². The number of rotatable bonds is 2. The van der Waals surface area contributed by atoms with Crippen molar-refractivity contribution in [2.45, 2.75) is 32.1 Å². The molecule has 1 aromatic carbocycles. The van der Waals surface area contributed by atoms with Gasteiger partial charge in [-0.05, 0) is 23.6 Å². The Morgan fingerprint density at radius 1 is 1.25 bits per heavy atom. The molecule has 1 aliphatic rings. The summed E-state index contributed by atoms with van der Waals surface area (Å²) in [6.45, 7) is 4.28. The maximum absolute atomic E-state index is 12.3. The summed E-state index contributed by atoms with van der Waals surface area (Å²) in [5.41, 5.74) is 4.30. The lowest BCUT2D eigenvalue weighted by molar-refractivity contribution is -0.116. The number of nitrogens with one attached hydrogen (secondary N) is 1. The fourth-order valence-corrected chi connectivity index (χ4v) is 3.64. The van der Waals surface area contributed by atoms with E-state index in [2.05, 4.69) is 35.3 Å². The number of anilines is 1. The van der Waals surface area contributed by atoms with Gasteiger partial charge in [0.25, 0.3) is 0 Å². The highest BCUT2D eigenvalue weighted by Crippen LogP contribution is 2.42. The number of aromatic nitrogens is 3. The molecule has 3 heterocycles. The molecular weight excluding hydrogens is 300 g/mol. The summed E-state index contributed by atoms with van der Waals surface area (Å²) in [5.74, 6) is 1.16. The number of hydrogen-bond acceptors (Lipinski definition) is 3. The smallest absolute Gasteiger partial charge is 0.226 e. The van der Waals surface area contributed by atoms with E-state index in [1.807, 2.05) is 37.5 Å². The van der Waals surface area contributed by atoms with Crippen molar-refractivity contribution in [3.8, 4) is 0 Å². The van der Waals surface area contributed by atoms with E-state index >= 15 is 0 Å². The molecule has 0 fully saturated rings. The normalized spacial score (nSPS) is 17.2. The molecular formula is C19H20N4O. The van der Waals surface area contributed by atoms with Gasteiger partial charge in [0, 0.05) is 36.5 Å². The van der Waals surface area contributed by atoms with Gasteiger partial charge >= 0.3 is 0 Å². The molecule has 1 atom stereocenters. The van der Waals surface area contributed by atoms with Crippen LogP contribution in [0.4, 0.5) is 5.82 Å². The topological polar surface area (TPSA) is 59.8 Å². The van der Waals surface area contributed by atoms with E-state index in [0.29, 0.717) is 12.3 Å². The molecule has 122 valence electrons. The van der Waals surface area contributed by atoms with Crippen molar-refractivity contribution >= 4 is 22.6 Å². The molecule has 24 heavy (non-hydrogen) atoms. The second-order valence-electron chi connectivity index (χ2n) is 6.65. The van der Waals surface area contributed by atoms with E-state index in [1.54, 1.807) is 4.68 Å². The number of hydrogen-bond donors (Lipinski definition) is 1. The van der Waals surface area contributed by atoms with Crippen molar-refractivity contribution in [2.75, 3.05) is 5.32 Å². The zero-order chi connectivity index (χ0) is 16.8. The van der Waals surface area contributed by atoms with E-state index in [9.17, 15) is 4.79 Å². The van der Waals surface area contributed by atoms with Crippen LogP contribution in [0.15, 0.2) is 36.5 Å². The Kier molecular flexibility index (Phi) is 3.37. The van der Waals surface area contributed by atoms with Crippen LogP contribution in [0.2, 0.25) is 0 Å². The number of nitrogens with zero attached hydrogens (tertiary/aromatic N) is 3. The predicted molar refractivity (Wildman–Crippen MR) is 94.1 cm³/mol. The summed E-state index contributed by atoms with van der Waals surface area (Å²) in [6.07, 6.45) is 2.27. The number of benzene rings is 1. The van der Waals surface area contributed by atoms with Gasteiger partial charge in [-0.1, -0.05) is 32.0 Å². The number of fused-ring (bicyclic) bond motifs is 2. The van der Waals surface area contributed by atoms with Gasteiger partial charge < -0.3 is 5.32 Å². The van der Waals surface area contributed by atoms with E-state index in [0.717, 1.165) is 33.5 Å². The highest BCUT2D eigenvalue weighted by atomic mass is 16.1. The molecule has 0 spiro atoms. The second-order valence-corrected chi connectivity index (χ2v) is 6.65. The number of amides is 1. The van der Waals surface area contributed by atoms with E-state index in [-0.39, 0.29) is 11.8 Å². The summed E-state index contributed by atoms with van der Waals surface area (Å²) in [5, 5.41) is 8.77. The van der Waals surface area contributed by atoms with Crippen LogP contribution in [0.5, 0.6) is 0 Å². The van der Waals surface area contributed by atoms with Gasteiger partial charge in [-0.15, -0.1) is 0 Å². The molecule has 1 unspecified atom stereocenters. The molecule has 0 aliphatic carbocycles. The third-order valence-electron chi connectivity index (χ3n) is 4.71. The lowest BCUT2D eigenvalue weighted by atomic mass is 9.82. The minimum atomic E-state index is 0.00718. The quantitative estimate of drug-likeness (QED) is 0.785. The Morgan fingerprint density at radius 3 is 2.83 bits per heavy atom. The Hall–Kier alpha value is -2.69. The minimum absolute atomic E-state index is 0.00718.